The Balaban J connectivity index is 2.78. The number of allylic oxidation sites excluding steroid dienone is 2. The van der Waals surface area contributed by atoms with E-state index >= 15 is 0 Å². The summed E-state index contributed by atoms with van der Waals surface area (Å²) >= 11 is 0. The lowest BCUT2D eigenvalue weighted by molar-refractivity contribution is -0.104. The second-order valence-corrected chi connectivity index (χ2v) is 1.44. The standard InChI is InChI=1S/C6H5NO2/c8-4-6-1-2-9-5-7-3-6/h1-5H. The molecule has 0 aromatic heterocycles. The molecule has 0 fully saturated rings. The van der Waals surface area contributed by atoms with Crippen molar-refractivity contribution in [1.29, 1.82) is 0 Å². The maximum atomic E-state index is 10.1. The van der Waals surface area contributed by atoms with Crippen LogP contribution >= 0.6 is 0 Å². The Morgan fingerprint density at radius 2 is 2.56 bits per heavy atom. The average molecular weight is 123 g/mol. The fraction of sp³-hybridized carbons (Fsp3) is 0. The number of hydrogen-bond acceptors (Lipinski definition) is 3. The minimum absolute atomic E-state index is 0.503. The summed E-state index contributed by atoms with van der Waals surface area (Å²) in [5, 5.41) is 0. The minimum atomic E-state index is 0.503. The second kappa shape index (κ2) is 2.81. The summed E-state index contributed by atoms with van der Waals surface area (Å²) in [7, 11) is 0. The molecule has 46 valence electrons. The molecule has 0 radical (unpaired) electrons. The van der Waals surface area contributed by atoms with Gasteiger partial charge in [0.1, 0.15) is 0 Å². The van der Waals surface area contributed by atoms with Gasteiger partial charge in [-0.2, -0.15) is 0 Å². The number of hydrogen-bond donors (Lipinski definition) is 0. The van der Waals surface area contributed by atoms with Crippen molar-refractivity contribution in [1.82, 2.24) is 0 Å². The van der Waals surface area contributed by atoms with Crippen molar-refractivity contribution < 1.29 is 9.53 Å². The average Bonchev–Trinajstić information content (AvgIpc) is 2.13. The molecular weight excluding hydrogens is 118 g/mol. The van der Waals surface area contributed by atoms with Gasteiger partial charge in [0.15, 0.2) is 12.7 Å². The Bertz CT molecular complexity index is 191. The van der Waals surface area contributed by atoms with Crippen LogP contribution in [0, 0.1) is 0 Å². The van der Waals surface area contributed by atoms with Gasteiger partial charge in [-0.25, -0.2) is 4.99 Å². The fourth-order valence-electron chi connectivity index (χ4n) is 0.417. The highest BCUT2D eigenvalue weighted by atomic mass is 16.5. The third-order valence-electron chi connectivity index (χ3n) is 0.820. The van der Waals surface area contributed by atoms with E-state index in [4.69, 9.17) is 0 Å². The summed E-state index contributed by atoms with van der Waals surface area (Å²) in [4.78, 5) is 13.7. The van der Waals surface area contributed by atoms with Gasteiger partial charge in [0.2, 0.25) is 0 Å². The van der Waals surface area contributed by atoms with Gasteiger partial charge in [-0.1, -0.05) is 0 Å². The zero-order valence-corrected chi connectivity index (χ0v) is 4.65. The van der Waals surface area contributed by atoms with E-state index in [0.29, 0.717) is 11.9 Å². The molecule has 0 saturated heterocycles. The van der Waals surface area contributed by atoms with E-state index in [1.165, 1.54) is 18.9 Å². The topological polar surface area (TPSA) is 38.7 Å². The molecule has 3 heteroatoms. The molecule has 0 atom stereocenters. The van der Waals surface area contributed by atoms with Crippen molar-refractivity contribution in [3.8, 4) is 0 Å². The lowest BCUT2D eigenvalue weighted by atomic mass is 10.3. The van der Waals surface area contributed by atoms with Gasteiger partial charge < -0.3 is 4.74 Å². The maximum Gasteiger partial charge on any atom is 0.180 e. The number of aldehydes is 1. The van der Waals surface area contributed by atoms with Gasteiger partial charge >= 0.3 is 0 Å². The molecule has 0 spiro atoms. The molecule has 0 N–H and O–H groups in total. The largest absolute Gasteiger partial charge is 0.453 e. The molecule has 1 aliphatic heterocycles. The first-order chi connectivity index (χ1) is 4.43. The SMILES string of the molecule is O=CC1=CN=COC=C1. The van der Waals surface area contributed by atoms with Gasteiger partial charge in [0.25, 0.3) is 0 Å². The van der Waals surface area contributed by atoms with E-state index in [-0.39, 0.29) is 0 Å². The van der Waals surface area contributed by atoms with Crippen LogP contribution in [0.2, 0.25) is 0 Å². The Labute approximate surface area is 52.3 Å². The third kappa shape index (κ3) is 1.53. The summed E-state index contributed by atoms with van der Waals surface area (Å²) in [6.07, 6.45) is 6.34. The van der Waals surface area contributed by atoms with Crippen molar-refractivity contribution in [2.75, 3.05) is 0 Å². The van der Waals surface area contributed by atoms with Gasteiger partial charge in [-0.3, -0.25) is 4.79 Å². The lowest BCUT2D eigenvalue weighted by Crippen LogP contribution is -1.74. The summed E-state index contributed by atoms with van der Waals surface area (Å²) in [5.74, 6) is 0. The third-order valence-corrected chi connectivity index (χ3v) is 0.820. The smallest absolute Gasteiger partial charge is 0.180 e. The van der Waals surface area contributed by atoms with Gasteiger partial charge in [-0.05, 0) is 6.08 Å². The first-order valence-electron chi connectivity index (χ1n) is 2.42. The van der Waals surface area contributed by atoms with Gasteiger partial charge in [0, 0.05) is 11.8 Å². The molecule has 0 unspecified atom stereocenters. The van der Waals surface area contributed by atoms with Crippen LogP contribution < -0.4 is 0 Å². The minimum Gasteiger partial charge on any atom is -0.453 e. The predicted molar refractivity (Wildman–Crippen MR) is 32.9 cm³/mol. The second-order valence-electron chi connectivity index (χ2n) is 1.44. The van der Waals surface area contributed by atoms with Crippen LogP contribution in [0.3, 0.4) is 0 Å². The van der Waals surface area contributed by atoms with Crippen molar-refractivity contribution >= 4 is 12.7 Å². The molecule has 0 aliphatic carbocycles. The van der Waals surface area contributed by atoms with E-state index in [1.807, 2.05) is 0 Å². The van der Waals surface area contributed by atoms with Crippen LogP contribution in [0.4, 0.5) is 0 Å². The Morgan fingerprint density at radius 1 is 1.67 bits per heavy atom. The van der Waals surface area contributed by atoms with Crippen LogP contribution in [0.15, 0.2) is 29.1 Å². The number of rotatable bonds is 1. The van der Waals surface area contributed by atoms with E-state index in [1.54, 1.807) is 6.08 Å². The molecule has 0 amide bonds. The van der Waals surface area contributed by atoms with Crippen molar-refractivity contribution in [3.05, 3.63) is 24.1 Å². The quantitative estimate of drug-likeness (QED) is 0.480. The van der Waals surface area contributed by atoms with E-state index in [2.05, 4.69) is 9.73 Å². The molecule has 1 aliphatic rings. The molecule has 0 aromatic carbocycles. The number of nitrogens with zero attached hydrogens (tertiary/aromatic N) is 1. The fourth-order valence-corrected chi connectivity index (χ4v) is 0.417. The molecule has 0 bridgehead atoms. The molecule has 1 heterocycles. The summed E-state index contributed by atoms with van der Waals surface area (Å²) in [6.45, 7) is 0. The highest BCUT2D eigenvalue weighted by Crippen LogP contribution is 1.95. The highest BCUT2D eigenvalue weighted by molar-refractivity contribution is 5.78. The zero-order chi connectivity index (χ0) is 6.53. The molecule has 1 rings (SSSR count). The Hall–Kier alpha value is -1.38. The van der Waals surface area contributed by atoms with Crippen molar-refractivity contribution in [2.45, 2.75) is 0 Å². The predicted octanol–water partition coefficient (Wildman–Crippen LogP) is 0.641. The number of carbonyl (C=O) groups is 1. The van der Waals surface area contributed by atoms with Gasteiger partial charge in [0.05, 0.1) is 6.26 Å². The van der Waals surface area contributed by atoms with E-state index in [9.17, 15) is 4.79 Å². The van der Waals surface area contributed by atoms with E-state index in [0.717, 1.165) is 0 Å². The van der Waals surface area contributed by atoms with Crippen LogP contribution in [0.5, 0.6) is 0 Å². The molecule has 3 nitrogen and oxygen atoms in total. The van der Waals surface area contributed by atoms with Crippen LogP contribution in [0.1, 0.15) is 0 Å². The molecular formula is C6H5NO2. The van der Waals surface area contributed by atoms with Crippen LogP contribution in [0.25, 0.3) is 0 Å². The maximum absolute atomic E-state index is 10.1. The monoisotopic (exact) mass is 123 g/mol. The van der Waals surface area contributed by atoms with Crippen LogP contribution in [-0.2, 0) is 9.53 Å². The lowest BCUT2D eigenvalue weighted by Gasteiger charge is -1.80. The first-order valence-corrected chi connectivity index (χ1v) is 2.42. The van der Waals surface area contributed by atoms with E-state index < -0.39 is 0 Å². The molecule has 0 aromatic rings. The Morgan fingerprint density at radius 3 is 3.33 bits per heavy atom. The summed E-state index contributed by atoms with van der Waals surface area (Å²) < 4.78 is 4.64. The van der Waals surface area contributed by atoms with Crippen molar-refractivity contribution in [3.63, 3.8) is 0 Å². The summed E-state index contributed by atoms with van der Waals surface area (Å²) in [5.41, 5.74) is 0.503. The Kier molecular flexibility index (Phi) is 1.80. The summed E-state index contributed by atoms with van der Waals surface area (Å²) in [6, 6.07) is 0. The zero-order valence-electron chi connectivity index (χ0n) is 4.65. The molecule has 9 heavy (non-hydrogen) atoms. The van der Waals surface area contributed by atoms with Crippen LogP contribution in [-0.4, -0.2) is 12.7 Å². The number of ether oxygens (including phenoxy) is 1. The molecule has 0 saturated carbocycles. The van der Waals surface area contributed by atoms with Crippen molar-refractivity contribution in [2.24, 2.45) is 4.99 Å². The number of aliphatic imine (C=N–C) groups is 1. The number of carbonyl (C=O) groups excluding carboxylic acids is 1. The normalized spacial score (nSPS) is 15.8. The first kappa shape index (κ1) is 5.75. The van der Waals surface area contributed by atoms with Gasteiger partial charge in [-0.15, -0.1) is 0 Å². The highest BCUT2D eigenvalue weighted by Gasteiger charge is 1.88.